The molecule has 3 aromatic rings. The molecule has 0 aliphatic carbocycles. The van der Waals surface area contributed by atoms with Crippen LogP contribution in [-0.4, -0.2) is 28.1 Å². The second-order valence-electron chi connectivity index (χ2n) is 6.50. The maximum atomic E-state index is 12.7. The van der Waals surface area contributed by atoms with E-state index in [-0.39, 0.29) is 5.91 Å². The summed E-state index contributed by atoms with van der Waals surface area (Å²) in [5.41, 5.74) is 2.78. The Hall–Kier alpha value is -2.86. The molecule has 1 heterocycles. The first kappa shape index (κ1) is 19.9. The zero-order chi connectivity index (χ0) is 20.1. The molecule has 1 atom stereocenters. The Balaban J connectivity index is 1.80. The van der Waals surface area contributed by atoms with Gasteiger partial charge in [-0.2, -0.15) is 0 Å². The number of carboxylic acids is 1. The molecule has 0 bridgehead atoms. The molecule has 3 rings (SSSR count). The molecular formula is C22H21BrN2O3. The Morgan fingerprint density at radius 1 is 1.18 bits per heavy atom. The summed E-state index contributed by atoms with van der Waals surface area (Å²) in [7, 11) is 0. The normalized spacial score (nSPS) is 12.4. The zero-order valence-electron chi connectivity index (χ0n) is 15.4. The number of benzene rings is 2. The van der Waals surface area contributed by atoms with Crippen molar-refractivity contribution in [3.63, 3.8) is 0 Å². The van der Waals surface area contributed by atoms with Gasteiger partial charge in [-0.15, -0.1) is 0 Å². The predicted molar refractivity (Wildman–Crippen MR) is 114 cm³/mol. The standard InChI is InChI=1S/C22H21BrN2O3/c1-15(22(28)24-13-12-16-6-3-2-4-7-16)25-14-17(10-11-20(26)27)21-18(23)8-5-9-19(21)25/h2-11,14-15H,12-13H2,1H3,(H,24,28)(H,26,27). The molecule has 0 saturated heterocycles. The molecule has 0 spiro atoms. The van der Waals surface area contributed by atoms with Crippen molar-refractivity contribution in [3.05, 3.63) is 76.4 Å². The number of fused-ring (bicyclic) bond motifs is 1. The summed E-state index contributed by atoms with van der Waals surface area (Å²) < 4.78 is 2.73. The fraction of sp³-hybridized carbons (Fsp3) is 0.182. The molecule has 1 unspecified atom stereocenters. The summed E-state index contributed by atoms with van der Waals surface area (Å²) in [6.07, 6.45) is 5.23. The SMILES string of the molecule is CC(C(=O)NCCc1ccccc1)n1cc(C=CC(=O)O)c2c(Br)cccc21. The van der Waals surface area contributed by atoms with Crippen LogP contribution in [0, 0.1) is 0 Å². The van der Waals surface area contributed by atoms with Crippen molar-refractivity contribution in [2.24, 2.45) is 0 Å². The minimum absolute atomic E-state index is 0.0819. The van der Waals surface area contributed by atoms with Gasteiger partial charge in [0.1, 0.15) is 6.04 Å². The highest BCUT2D eigenvalue weighted by Crippen LogP contribution is 2.32. The quantitative estimate of drug-likeness (QED) is 0.534. The first-order valence-corrected chi connectivity index (χ1v) is 9.78. The number of aromatic nitrogens is 1. The first-order chi connectivity index (χ1) is 13.5. The summed E-state index contributed by atoms with van der Waals surface area (Å²) in [6, 6.07) is 15.3. The molecule has 0 radical (unpaired) electrons. The molecule has 28 heavy (non-hydrogen) atoms. The van der Waals surface area contributed by atoms with Crippen LogP contribution < -0.4 is 5.32 Å². The van der Waals surface area contributed by atoms with E-state index in [9.17, 15) is 9.59 Å². The number of carboxylic acid groups (broad SMARTS) is 1. The molecule has 144 valence electrons. The van der Waals surface area contributed by atoms with Crippen LogP contribution in [-0.2, 0) is 16.0 Å². The molecular weight excluding hydrogens is 420 g/mol. The topological polar surface area (TPSA) is 71.3 Å². The molecule has 2 aromatic carbocycles. The van der Waals surface area contributed by atoms with Crippen LogP contribution in [0.5, 0.6) is 0 Å². The minimum atomic E-state index is -1.01. The smallest absolute Gasteiger partial charge is 0.328 e. The summed E-state index contributed by atoms with van der Waals surface area (Å²) in [5.74, 6) is -1.10. The molecule has 5 nitrogen and oxygen atoms in total. The van der Waals surface area contributed by atoms with E-state index in [4.69, 9.17) is 5.11 Å². The number of hydrogen-bond donors (Lipinski definition) is 2. The third-order valence-electron chi connectivity index (χ3n) is 4.59. The third-order valence-corrected chi connectivity index (χ3v) is 5.26. The number of amides is 1. The fourth-order valence-corrected chi connectivity index (χ4v) is 3.74. The number of rotatable bonds is 7. The lowest BCUT2D eigenvalue weighted by atomic mass is 10.1. The van der Waals surface area contributed by atoms with E-state index < -0.39 is 12.0 Å². The van der Waals surface area contributed by atoms with E-state index >= 15 is 0 Å². The van der Waals surface area contributed by atoms with E-state index in [2.05, 4.69) is 21.2 Å². The van der Waals surface area contributed by atoms with Crippen LogP contribution in [0.25, 0.3) is 17.0 Å². The summed E-state index contributed by atoms with van der Waals surface area (Å²) in [6.45, 7) is 2.39. The van der Waals surface area contributed by atoms with Gasteiger partial charge in [0.2, 0.25) is 5.91 Å². The third kappa shape index (κ3) is 4.51. The van der Waals surface area contributed by atoms with Crippen molar-refractivity contribution in [1.29, 1.82) is 0 Å². The molecule has 6 heteroatoms. The summed E-state index contributed by atoms with van der Waals surface area (Å²) in [4.78, 5) is 23.6. The maximum Gasteiger partial charge on any atom is 0.328 e. The number of halogens is 1. The number of carbonyl (C=O) groups excluding carboxylic acids is 1. The molecule has 0 aliphatic heterocycles. The van der Waals surface area contributed by atoms with Crippen LogP contribution >= 0.6 is 15.9 Å². The molecule has 0 fully saturated rings. The summed E-state index contributed by atoms with van der Waals surface area (Å²) in [5, 5.41) is 12.8. The van der Waals surface area contributed by atoms with Crippen molar-refractivity contribution in [1.82, 2.24) is 9.88 Å². The van der Waals surface area contributed by atoms with Crippen LogP contribution in [0.4, 0.5) is 0 Å². The number of aliphatic carboxylic acids is 1. The predicted octanol–water partition coefficient (Wildman–Crippen LogP) is 4.42. The van der Waals surface area contributed by atoms with E-state index in [0.29, 0.717) is 6.54 Å². The van der Waals surface area contributed by atoms with Crippen LogP contribution in [0.2, 0.25) is 0 Å². The van der Waals surface area contributed by atoms with Crippen LogP contribution in [0.1, 0.15) is 24.1 Å². The van der Waals surface area contributed by atoms with Gasteiger partial charge in [0.25, 0.3) is 0 Å². The van der Waals surface area contributed by atoms with Crippen molar-refractivity contribution >= 4 is 44.8 Å². The van der Waals surface area contributed by atoms with E-state index in [1.807, 2.05) is 66.2 Å². The number of hydrogen-bond acceptors (Lipinski definition) is 2. The van der Waals surface area contributed by atoms with Gasteiger partial charge in [0, 0.05) is 34.2 Å². The lowest BCUT2D eigenvalue weighted by molar-refractivity contribution is -0.131. The first-order valence-electron chi connectivity index (χ1n) is 8.99. The lowest BCUT2D eigenvalue weighted by Crippen LogP contribution is -2.32. The number of nitrogens with one attached hydrogen (secondary N) is 1. The number of nitrogens with zero attached hydrogens (tertiary/aromatic N) is 1. The second-order valence-corrected chi connectivity index (χ2v) is 7.35. The Kier molecular flexibility index (Phi) is 6.31. The van der Waals surface area contributed by atoms with Crippen molar-refractivity contribution in [2.75, 3.05) is 6.54 Å². The van der Waals surface area contributed by atoms with Gasteiger partial charge in [-0.3, -0.25) is 4.79 Å². The van der Waals surface area contributed by atoms with Gasteiger partial charge in [-0.05, 0) is 37.1 Å². The van der Waals surface area contributed by atoms with Crippen LogP contribution in [0.15, 0.2) is 65.3 Å². The molecule has 1 aromatic heterocycles. The molecule has 0 aliphatic rings. The highest BCUT2D eigenvalue weighted by Gasteiger charge is 2.19. The zero-order valence-corrected chi connectivity index (χ0v) is 17.0. The average Bonchev–Trinajstić information content (AvgIpc) is 3.06. The molecule has 1 amide bonds. The average molecular weight is 441 g/mol. The van der Waals surface area contributed by atoms with Crippen molar-refractivity contribution in [2.45, 2.75) is 19.4 Å². The highest BCUT2D eigenvalue weighted by molar-refractivity contribution is 9.10. The molecule has 0 saturated carbocycles. The van der Waals surface area contributed by atoms with Gasteiger partial charge in [0.05, 0.1) is 5.52 Å². The highest BCUT2D eigenvalue weighted by atomic mass is 79.9. The van der Waals surface area contributed by atoms with Crippen molar-refractivity contribution < 1.29 is 14.7 Å². The molecule has 2 N–H and O–H groups in total. The van der Waals surface area contributed by atoms with Gasteiger partial charge in [0.15, 0.2) is 0 Å². The van der Waals surface area contributed by atoms with Gasteiger partial charge in [-0.1, -0.05) is 52.3 Å². The van der Waals surface area contributed by atoms with Crippen LogP contribution in [0.3, 0.4) is 0 Å². The Morgan fingerprint density at radius 3 is 2.64 bits per heavy atom. The Labute approximate surface area is 171 Å². The minimum Gasteiger partial charge on any atom is -0.478 e. The number of carbonyl (C=O) groups is 2. The van der Waals surface area contributed by atoms with E-state index in [1.165, 1.54) is 5.56 Å². The van der Waals surface area contributed by atoms with E-state index in [1.54, 1.807) is 6.08 Å². The largest absolute Gasteiger partial charge is 0.478 e. The van der Waals surface area contributed by atoms with E-state index in [0.717, 1.165) is 33.4 Å². The lowest BCUT2D eigenvalue weighted by Gasteiger charge is -2.15. The Morgan fingerprint density at radius 2 is 1.93 bits per heavy atom. The van der Waals surface area contributed by atoms with Gasteiger partial charge < -0.3 is 15.0 Å². The second kappa shape index (κ2) is 8.89. The summed E-state index contributed by atoms with van der Waals surface area (Å²) >= 11 is 3.53. The van der Waals surface area contributed by atoms with Gasteiger partial charge in [-0.25, -0.2) is 4.79 Å². The Bertz CT molecular complexity index is 1020. The van der Waals surface area contributed by atoms with Gasteiger partial charge >= 0.3 is 5.97 Å². The monoisotopic (exact) mass is 440 g/mol. The fourth-order valence-electron chi connectivity index (χ4n) is 3.15. The van der Waals surface area contributed by atoms with Crippen molar-refractivity contribution in [3.8, 4) is 0 Å². The maximum absolute atomic E-state index is 12.7.